The van der Waals surface area contributed by atoms with E-state index in [9.17, 15) is 4.79 Å². The lowest BCUT2D eigenvalue weighted by Crippen LogP contribution is -2.02. The molecule has 0 aliphatic heterocycles. The number of carbonyl (C=O) groups excluding carboxylic acids is 1. The molecule has 1 rings (SSSR count). The molecule has 0 atom stereocenters. The van der Waals surface area contributed by atoms with Crippen LogP contribution in [0.4, 0.5) is 0 Å². The molecule has 22 heavy (non-hydrogen) atoms. The van der Waals surface area contributed by atoms with Crippen LogP contribution in [0, 0.1) is 0 Å². The quantitative estimate of drug-likeness (QED) is 0.358. The van der Waals surface area contributed by atoms with Crippen molar-refractivity contribution in [3.8, 4) is 0 Å². The first-order chi connectivity index (χ1) is 10.8. The van der Waals surface area contributed by atoms with Gasteiger partial charge in [-0.15, -0.1) is 0 Å². The second-order valence-corrected chi connectivity index (χ2v) is 6.49. The molecule has 0 saturated heterocycles. The lowest BCUT2D eigenvalue weighted by atomic mass is 10.0. The van der Waals surface area contributed by atoms with Gasteiger partial charge in [-0.05, 0) is 12.0 Å². The zero-order valence-corrected chi connectivity index (χ0v) is 14.5. The Kier molecular flexibility index (Phi) is 11.7. The molecule has 1 nitrogen and oxygen atoms in total. The minimum absolute atomic E-state index is 0.391. The SMILES string of the molecule is CCCCCCCCCCCCCC(=O)Cc1ccccc1. The summed E-state index contributed by atoms with van der Waals surface area (Å²) in [5.74, 6) is 0.391. The molecule has 0 aliphatic rings. The number of unbranched alkanes of at least 4 members (excludes halogenated alkanes) is 10. The Bertz CT molecular complexity index is 369. The number of rotatable bonds is 14. The lowest BCUT2D eigenvalue weighted by molar-refractivity contribution is -0.118. The van der Waals surface area contributed by atoms with Gasteiger partial charge in [0.2, 0.25) is 0 Å². The fraction of sp³-hybridized carbons (Fsp3) is 0.667. The second-order valence-electron chi connectivity index (χ2n) is 6.49. The van der Waals surface area contributed by atoms with E-state index in [4.69, 9.17) is 0 Å². The van der Waals surface area contributed by atoms with Crippen molar-refractivity contribution >= 4 is 5.78 Å². The van der Waals surface area contributed by atoms with E-state index in [1.165, 1.54) is 64.2 Å². The highest BCUT2D eigenvalue weighted by atomic mass is 16.1. The van der Waals surface area contributed by atoms with Gasteiger partial charge >= 0.3 is 0 Å². The van der Waals surface area contributed by atoms with Crippen molar-refractivity contribution < 1.29 is 4.79 Å². The molecule has 1 aromatic carbocycles. The zero-order valence-electron chi connectivity index (χ0n) is 14.5. The largest absolute Gasteiger partial charge is 0.299 e. The molecule has 0 radical (unpaired) electrons. The summed E-state index contributed by atoms with van der Waals surface area (Å²) in [4.78, 5) is 11.9. The summed E-state index contributed by atoms with van der Waals surface area (Å²) < 4.78 is 0. The van der Waals surface area contributed by atoms with Gasteiger partial charge < -0.3 is 0 Å². The van der Waals surface area contributed by atoms with Crippen molar-refractivity contribution in [1.82, 2.24) is 0 Å². The van der Waals surface area contributed by atoms with Crippen molar-refractivity contribution in [2.75, 3.05) is 0 Å². The highest BCUT2D eigenvalue weighted by Gasteiger charge is 2.03. The van der Waals surface area contributed by atoms with E-state index < -0.39 is 0 Å². The number of ketones is 1. The Hall–Kier alpha value is -1.11. The highest BCUT2D eigenvalue weighted by Crippen LogP contribution is 2.12. The van der Waals surface area contributed by atoms with E-state index in [-0.39, 0.29) is 0 Å². The van der Waals surface area contributed by atoms with Crippen LogP contribution in [-0.2, 0) is 11.2 Å². The molecule has 0 heterocycles. The van der Waals surface area contributed by atoms with E-state index in [0.717, 1.165) is 18.4 Å². The molecule has 0 aliphatic carbocycles. The summed E-state index contributed by atoms with van der Waals surface area (Å²) in [7, 11) is 0. The molecular formula is C21H34O. The number of carbonyl (C=O) groups is 1. The van der Waals surface area contributed by atoms with E-state index in [1.54, 1.807) is 0 Å². The smallest absolute Gasteiger partial charge is 0.137 e. The fourth-order valence-electron chi connectivity index (χ4n) is 2.90. The third kappa shape index (κ3) is 10.6. The van der Waals surface area contributed by atoms with Crippen molar-refractivity contribution in [1.29, 1.82) is 0 Å². The summed E-state index contributed by atoms with van der Waals surface area (Å²) in [5, 5.41) is 0. The summed E-state index contributed by atoms with van der Waals surface area (Å²) in [6, 6.07) is 10.1. The molecule has 0 spiro atoms. The Balaban J connectivity index is 1.86. The Morgan fingerprint density at radius 1 is 0.727 bits per heavy atom. The van der Waals surface area contributed by atoms with Crippen LogP contribution in [0.2, 0.25) is 0 Å². The van der Waals surface area contributed by atoms with Crippen LogP contribution in [0.1, 0.15) is 89.5 Å². The Morgan fingerprint density at radius 3 is 1.77 bits per heavy atom. The third-order valence-electron chi connectivity index (χ3n) is 4.30. The van der Waals surface area contributed by atoms with Gasteiger partial charge in [0.1, 0.15) is 5.78 Å². The van der Waals surface area contributed by atoms with Gasteiger partial charge in [-0.2, -0.15) is 0 Å². The van der Waals surface area contributed by atoms with Crippen molar-refractivity contribution in [3.05, 3.63) is 35.9 Å². The number of hydrogen-bond acceptors (Lipinski definition) is 1. The fourth-order valence-corrected chi connectivity index (χ4v) is 2.90. The zero-order chi connectivity index (χ0) is 15.9. The van der Waals surface area contributed by atoms with Crippen molar-refractivity contribution in [2.45, 2.75) is 90.4 Å². The van der Waals surface area contributed by atoms with Crippen LogP contribution < -0.4 is 0 Å². The Morgan fingerprint density at radius 2 is 1.23 bits per heavy atom. The van der Waals surface area contributed by atoms with E-state index in [0.29, 0.717) is 12.2 Å². The Labute approximate surface area is 137 Å². The molecular weight excluding hydrogens is 268 g/mol. The molecule has 0 saturated carbocycles. The van der Waals surface area contributed by atoms with Crippen molar-refractivity contribution in [2.24, 2.45) is 0 Å². The second kappa shape index (κ2) is 13.5. The molecule has 1 aromatic rings. The van der Waals surface area contributed by atoms with Gasteiger partial charge in [0.05, 0.1) is 0 Å². The van der Waals surface area contributed by atoms with Gasteiger partial charge in [-0.25, -0.2) is 0 Å². The first-order valence-electron chi connectivity index (χ1n) is 9.38. The normalized spacial score (nSPS) is 10.8. The molecule has 0 unspecified atom stereocenters. The summed E-state index contributed by atoms with van der Waals surface area (Å²) in [5.41, 5.74) is 1.15. The topological polar surface area (TPSA) is 17.1 Å². The van der Waals surface area contributed by atoms with E-state index in [1.807, 2.05) is 30.3 Å². The van der Waals surface area contributed by atoms with E-state index in [2.05, 4.69) is 6.92 Å². The minimum atomic E-state index is 0.391. The average Bonchev–Trinajstić information content (AvgIpc) is 2.53. The lowest BCUT2D eigenvalue weighted by Gasteiger charge is -2.03. The van der Waals surface area contributed by atoms with E-state index >= 15 is 0 Å². The van der Waals surface area contributed by atoms with Crippen LogP contribution in [0.25, 0.3) is 0 Å². The standard InChI is InChI=1S/C21H34O/c1-2-3-4-5-6-7-8-9-10-11-15-18-21(22)19-20-16-13-12-14-17-20/h12-14,16-17H,2-11,15,18-19H2,1H3. The predicted molar refractivity (Wildman–Crippen MR) is 96.2 cm³/mol. The van der Waals surface area contributed by atoms with Gasteiger partial charge in [0.15, 0.2) is 0 Å². The summed E-state index contributed by atoms with van der Waals surface area (Å²) >= 11 is 0. The predicted octanol–water partition coefficient (Wildman–Crippen LogP) is 6.50. The maximum atomic E-state index is 11.9. The number of Topliss-reactive ketones (excluding diaryl/α,β-unsaturated/α-hetero) is 1. The average molecular weight is 303 g/mol. The monoisotopic (exact) mass is 302 g/mol. The summed E-state index contributed by atoms with van der Waals surface area (Å²) in [6.07, 6.45) is 16.1. The first kappa shape index (κ1) is 18.9. The third-order valence-corrected chi connectivity index (χ3v) is 4.30. The number of hydrogen-bond donors (Lipinski definition) is 0. The molecule has 1 heteroatoms. The summed E-state index contributed by atoms with van der Waals surface area (Å²) in [6.45, 7) is 2.27. The molecule has 0 amide bonds. The maximum absolute atomic E-state index is 11.9. The molecule has 124 valence electrons. The van der Waals surface area contributed by atoms with Crippen LogP contribution >= 0.6 is 0 Å². The van der Waals surface area contributed by atoms with Crippen molar-refractivity contribution in [3.63, 3.8) is 0 Å². The first-order valence-corrected chi connectivity index (χ1v) is 9.38. The minimum Gasteiger partial charge on any atom is -0.299 e. The van der Waals surface area contributed by atoms with Gasteiger partial charge in [0.25, 0.3) is 0 Å². The molecule has 0 fully saturated rings. The van der Waals surface area contributed by atoms with Crippen LogP contribution in [0.15, 0.2) is 30.3 Å². The highest BCUT2D eigenvalue weighted by molar-refractivity contribution is 5.80. The van der Waals surface area contributed by atoms with Crippen LogP contribution in [-0.4, -0.2) is 5.78 Å². The molecule has 0 N–H and O–H groups in total. The number of benzene rings is 1. The van der Waals surface area contributed by atoms with Crippen LogP contribution in [0.5, 0.6) is 0 Å². The van der Waals surface area contributed by atoms with Gasteiger partial charge in [-0.1, -0.05) is 101 Å². The van der Waals surface area contributed by atoms with Gasteiger partial charge in [-0.3, -0.25) is 4.79 Å². The maximum Gasteiger partial charge on any atom is 0.137 e. The molecule has 0 bridgehead atoms. The van der Waals surface area contributed by atoms with Gasteiger partial charge in [0, 0.05) is 12.8 Å². The van der Waals surface area contributed by atoms with Crippen LogP contribution in [0.3, 0.4) is 0 Å². The molecule has 0 aromatic heterocycles.